The van der Waals surface area contributed by atoms with Crippen LogP contribution in [0.5, 0.6) is 11.6 Å². The average Bonchev–Trinajstić information content (AvgIpc) is 2.87. The first-order valence-electron chi connectivity index (χ1n) is 12.7. The Hall–Kier alpha value is -3.93. The predicted octanol–water partition coefficient (Wildman–Crippen LogP) is 5.75. The lowest BCUT2D eigenvalue weighted by atomic mass is 9.69. The van der Waals surface area contributed by atoms with Gasteiger partial charge < -0.3 is 15.2 Å². The smallest absolute Gasteiger partial charge is 0.225 e. The molecular weight excluding hydrogens is 464 g/mol. The molecule has 6 rings (SSSR count). The van der Waals surface area contributed by atoms with Crippen LogP contribution >= 0.6 is 0 Å². The molecular formula is C31H30N2O4. The summed E-state index contributed by atoms with van der Waals surface area (Å²) in [6, 6.07) is 17.7. The van der Waals surface area contributed by atoms with Gasteiger partial charge in [-0.1, -0.05) is 56.3 Å². The molecule has 3 aliphatic rings. The van der Waals surface area contributed by atoms with Gasteiger partial charge in [0.1, 0.15) is 11.5 Å². The Morgan fingerprint density at radius 3 is 2.38 bits per heavy atom. The molecule has 1 aliphatic heterocycles. The van der Waals surface area contributed by atoms with E-state index in [1.54, 1.807) is 7.11 Å². The maximum Gasteiger partial charge on any atom is 0.225 e. The summed E-state index contributed by atoms with van der Waals surface area (Å²) in [5.41, 5.74) is 11.3. The summed E-state index contributed by atoms with van der Waals surface area (Å²) in [4.78, 5) is 31.9. The van der Waals surface area contributed by atoms with Crippen LogP contribution in [0.3, 0.4) is 0 Å². The summed E-state index contributed by atoms with van der Waals surface area (Å²) in [6.07, 6.45) is 2.03. The highest BCUT2D eigenvalue weighted by molar-refractivity contribution is 6.05. The zero-order valence-corrected chi connectivity index (χ0v) is 21.3. The van der Waals surface area contributed by atoms with Crippen molar-refractivity contribution in [3.05, 3.63) is 93.9 Å². The average molecular weight is 495 g/mol. The first kappa shape index (κ1) is 23.5. The number of rotatable bonds is 3. The van der Waals surface area contributed by atoms with Crippen LogP contribution in [0.2, 0.25) is 0 Å². The Morgan fingerprint density at radius 2 is 1.68 bits per heavy atom. The minimum atomic E-state index is -0.453. The van der Waals surface area contributed by atoms with Crippen molar-refractivity contribution < 1.29 is 19.1 Å². The number of hydrogen-bond acceptors (Lipinski definition) is 6. The van der Waals surface area contributed by atoms with E-state index >= 15 is 0 Å². The molecule has 0 radical (unpaired) electrons. The van der Waals surface area contributed by atoms with Gasteiger partial charge in [-0.2, -0.15) is 0 Å². The predicted molar refractivity (Wildman–Crippen MR) is 141 cm³/mol. The SMILES string of the molecule is COc1ccc(C2C3=C(CC(C)(C)CC3=O)Oc3nc4c(c(N)c32)C(=O)CC(c2ccccc2)C4)cc1. The Balaban J connectivity index is 1.52. The highest BCUT2D eigenvalue weighted by Gasteiger charge is 2.45. The van der Waals surface area contributed by atoms with Crippen molar-refractivity contribution in [2.24, 2.45) is 5.41 Å². The van der Waals surface area contributed by atoms with Gasteiger partial charge in [0.05, 0.1) is 29.6 Å². The molecule has 0 bridgehead atoms. The number of carbonyl (C=O) groups excluding carboxylic acids is 2. The van der Waals surface area contributed by atoms with Crippen LogP contribution in [0.1, 0.15) is 77.7 Å². The van der Waals surface area contributed by atoms with E-state index in [-0.39, 0.29) is 22.9 Å². The first-order valence-corrected chi connectivity index (χ1v) is 12.7. The fourth-order valence-electron chi connectivity index (χ4n) is 6.13. The van der Waals surface area contributed by atoms with E-state index in [9.17, 15) is 9.59 Å². The van der Waals surface area contributed by atoms with Crippen molar-refractivity contribution in [1.29, 1.82) is 0 Å². The van der Waals surface area contributed by atoms with Crippen molar-refractivity contribution in [2.45, 2.75) is 51.4 Å². The number of allylic oxidation sites excluding steroid dienone is 2. The molecule has 1 aromatic heterocycles. The lowest BCUT2D eigenvalue weighted by molar-refractivity contribution is -0.118. The van der Waals surface area contributed by atoms with Crippen LogP contribution < -0.4 is 15.2 Å². The van der Waals surface area contributed by atoms with Gasteiger partial charge in [0.15, 0.2) is 11.6 Å². The summed E-state index contributed by atoms with van der Waals surface area (Å²) < 4.78 is 11.7. The number of carbonyl (C=O) groups is 2. The summed E-state index contributed by atoms with van der Waals surface area (Å²) >= 11 is 0. The van der Waals surface area contributed by atoms with Gasteiger partial charge in [0.25, 0.3) is 0 Å². The van der Waals surface area contributed by atoms with Crippen LogP contribution in [0.25, 0.3) is 0 Å². The van der Waals surface area contributed by atoms with Crippen LogP contribution in [0.4, 0.5) is 5.69 Å². The third-order valence-electron chi connectivity index (χ3n) is 7.86. The molecule has 0 spiro atoms. The van der Waals surface area contributed by atoms with Crippen molar-refractivity contribution in [2.75, 3.05) is 12.8 Å². The molecule has 37 heavy (non-hydrogen) atoms. The van der Waals surface area contributed by atoms with E-state index in [1.165, 1.54) is 0 Å². The molecule has 2 aliphatic carbocycles. The number of aromatic nitrogens is 1. The van der Waals surface area contributed by atoms with Crippen LogP contribution in [0, 0.1) is 5.41 Å². The number of fused-ring (bicyclic) bond motifs is 2. The Kier molecular flexibility index (Phi) is 5.44. The van der Waals surface area contributed by atoms with Crippen molar-refractivity contribution in [3.8, 4) is 11.6 Å². The van der Waals surface area contributed by atoms with Crippen LogP contribution in [0.15, 0.2) is 65.9 Å². The molecule has 2 N–H and O–H groups in total. The van der Waals surface area contributed by atoms with Gasteiger partial charge >= 0.3 is 0 Å². The molecule has 0 saturated carbocycles. The number of methoxy groups -OCH3 is 1. The second-order valence-electron chi connectivity index (χ2n) is 11.1. The molecule has 2 unspecified atom stereocenters. The van der Waals surface area contributed by atoms with Crippen LogP contribution in [-0.4, -0.2) is 23.7 Å². The molecule has 2 aromatic carbocycles. The van der Waals surface area contributed by atoms with E-state index in [1.807, 2.05) is 54.6 Å². The van der Waals surface area contributed by atoms with Crippen molar-refractivity contribution in [3.63, 3.8) is 0 Å². The topological polar surface area (TPSA) is 91.5 Å². The minimum Gasteiger partial charge on any atom is -0.497 e. The van der Waals surface area contributed by atoms with Gasteiger partial charge in [0, 0.05) is 30.8 Å². The van der Waals surface area contributed by atoms with Gasteiger partial charge in [0.2, 0.25) is 5.88 Å². The number of nitrogen functional groups attached to an aromatic ring is 1. The largest absolute Gasteiger partial charge is 0.497 e. The molecule has 0 amide bonds. The third-order valence-corrected chi connectivity index (χ3v) is 7.86. The summed E-state index contributed by atoms with van der Waals surface area (Å²) in [6.45, 7) is 4.15. The number of pyridine rings is 1. The zero-order valence-electron chi connectivity index (χ0n) is 21.3. The Bertz CT molecular complexity index is 1450. The van der Waals surface area contributed by atoms with Crippen molar-refractivity contribution in [1.82, 2.24) is 4.98 Å². The second-order valence-corrected chi connectivity index (χ2v) is 11.1. The number of hydrogen-bond donors (Lipinski definition) is 1. The third kappa shape index (κ3) is 3.91. The number of anilines is 1. The van der Waals surface area contributed by atoms with E-state index in [2.05, 4.69) is 13.8 Å². The molecule has 188 valence electrons. The van der Waals surface area contributed by atoms with E-state index in [0.29, 0.717) is 65.4 Å². The summed E-state index contributed by atoms with van der Waals surface area (Å²) in [5.74, 6) is 1.39. The molecule has 0 saturated heterocycles. The highest BCUT2D eigenvalue weighted by Crippen LogP contribution is 2.53. The minimum absolute atomic E-state index is 0.0211. The quantitative estimate of drug-likeness (QED) is 0.498. The second kappa shape index (κ2) is 8.58. The molecule has 2 heterocycles. The lowest BCUT2D eigenvalue weighted by Crippen LogP contribution is -2.34. The fraction of sp³-hybridized carbons (Fsp3) is 0.323. The zero-order chi connectivity index (χ0) is 25.9. The Morgan fingerprint density at radius 1 is 0.946 bits per heavy atom. The number of nitrogens with two attached hydrogens (primary N) is 1. The molecule has 6 nitrogen and oxygen atoms in total. The lowest BCUT2D eigenvalue weighted by Gasteiger charge is -2.39. The van der Waals surface area contributed by atoms with Gasteiger partial charge in [-0.3, -0.25) is 9.59 Å². The molecule has 0 fully saturated rings. The fourth-order valence-corrected chi connectivity index (χ4v) is 6.13. The number of Topliss-reactive ketones (excluding diaryl/α,β-unsaturated/α-hetero) is 2. The first-order chi connectivity index (χ1) is 17.8. The van der Waals surface area contributed by atoms with E-state index in [0.717, 1.165) is 16.9 Å². The van der Waals surface area contributed by atoms with Gasteiger partial charge in [-0.25, -0.2) is 4.98 Å². The standard InChI is InChI=1S/C31H30N2O4/c1-31(2)15-23(35)27-24(16-31)37-30-28(25(27)18-9-11-20(36-3)12-10-18)29(32)26-21(33-30)13-19(14-22(26)34)17-7-5-4-6-8-17/h4-12,19,25H,13-16H2,1-3H3,(H2,32,33). The molecule has 2 atom stereocenters. The highest BCUT2D eigenvalue weighted by atomic mass is 16.5. The number of nitrogens with zero attached hydrogens (tertiary/aromatic N) is 1. The maximum absolute atomic E-state index is 13.5. The molecule has 6 heteroatoms. The number of ether oxygens (including phenoxy) is 2. The van der Waals surface area contributed by atoms with Crippen LogP contribution in [-0.2, 0) is 11.2 Å². The summed E-state index contributed by atoms with van der Waals surface area (Å²) in [7, 11) is 1.62. The summed E-state index contributed by atoms with van der Waals surface area (Å²) in [5, 5.41) is 0. The van der Waals surface area contributed by atoms with Gasteiger partial charge in [-0.05, 0) is 41.0 Å². The number of ketones is 2. The van der Waals surface area contributed by atoms with E-state index < -0.39 is 5.92 Å². The molecule has 3 aromatic rings. The number of benzene rings is 2. The maximum atomic E-state index is 13.5. The Labute approximate surface area is 216 Å². The normalized spacial score (nSPS) is 22.0. The van der Waals surface area contributed by atoms with Crippen molar-refractivity contribution >= 4 is 17.3 Å². The monoisotopic (exact) mass is 494 g/mol. The van der Waals surface area contributed by atoms with Gasteiger partial charge in [-0.15, -0.1) is 0 Å². The van der Waals surface area contributed by atoms with E-state index in [4.69, 9.17) is 20.2 Å².